The largest absolute Gasteiger partial charge is 0.466 e. The fourth-order valence-corrected chi connectivity index (χ4v) is 1.05. The minimum Gasteiger partial charge on any atom is -0.466 e. The Morgan fingerprint density at radius 3 is 2.93 bits per heavy atom. The Morgan fingerprint density at radius 2 is 2.29 bits per heavy atom. The van der Waals surface area contributed by atoms with Crippen molar-refractivity contribution in [2.24, 2.45) is 0 Å². The van der Waals surface area contributed by atoms with Gasteiger partial charge in [0.25, 0.3) is 0 Å². The van der Waals surface area contributed by atoms with Crippen molar-refractivity contribution >= 4 is 23.6 Å². The van der Waals surface area contributed by atoms with E-state index in [1.165, 1.54) is 37.5 Å². The first-order valence-corrected chi connectivity index (χ1v) is 4.22. The fraction of sp³-hybridized carbons (Fsp3) is 0.100. The number of methoxy groups -OCH3 is 1. The van der Waals surface area contributed by atoms with Crippen molar-refractivity contribution in [3.8, 4) is 0 Å². The van der Waals surface area contributed by atoms with Crippen molar-refractivity contribution in [3.05, 3.63) is 40.7 Å². The van der Waals surface area contributed by atoms with Crippen LogP contribution in [0.3, 0.4) is 0 Å². The molecule has 2 nitrogen and oxygen atoms in total. The Kier molecular flexibility index (Phi) is 3.65. The smallest absolute Gasteiger partial charge is 0.330 e. The van der Waals surface area contributed by atoms with Crippen molar-refractivity contribution in [2.45, 2.75) is 0 Å². The van der Waals surface area contributed by atoms with Gasteiger partial charge in [-0.05, 0) is 29.8 Å². The molecule has 14 heavy (non-hydrogen) atoms. The second kappa shape index (κ2) is 4.77. The van der Waals surface area contributed by atoms with Crippen molar-refractivity contribution < 1.29 is 13.9 Å². The molecular weight excluding hydrogens is 207 g/mol. The van der Waals surface area contributed by atoms with Gasteiger partial charge in [-0.3, -0.25) is 0 Å². The molecule has 1 aromatic carbocycles. The Labute approximate surface area is 85.9 Å². The van der Waals surface area contributed by atoms with Crippen LogP contribution >= 0.6 is 11.6 Å². The SMILES string of the molecule is COC(=O)/C=C/c1cc(F)ccc1Cl. The maximum absolute atomic E-state index is 12.7. The molecule has 0 aliphatic rings. The van der Waals surface area contributed by atoms with E-state index in [1.54, 1.807) is 0 Å². The van der Waals surface area contributed by atoms with Crippen LogP contribution in [0.4, 0.5) is 4.39 Å². The van der Waals surface area contributed by atoms with Gasteiger partial charge < -0.3 is 4.74 Å². The van der Waals surface area contributed by atoms with Crippen LogP contribution in [-0.4, -0.2) is 13.1 Å². The molecule has 1 aromatic rings. The number of benzene rings is 1. The van der Waals surface area contributed by atoms with Crippen molar-refractivity contribution in [3.63, 3.8) is 0 Å². The zero-order valence-electron chi connectivity index (χ0n) is 7.46. The molecule has 0 amide bonds. The van der Waals surface area contributed by atoms with E-state index in [9.17, 15) is 9.18 Å². The second-order valence-corrected chi connectivity index (χ2v) is 2.93. The van der Waals surface area contributed by atoms with Gasteiger partial charge in [0.1, 0.15) is 5.82 Å². The van der Waals surface area contributed by atoms with Crippen molar-refractivity contribution in [1.82, 2.24) is 0 Å². The zero-order chi connectivity index (χ0) is 10.6. The Hall–Kier alpha value is -1.35. The van der Waals surface area contributed by atoms with E-state index in [4.69, 9.17) is 11.6 Å². The van der Waals surface area contributed by atoms with E-state index in [2.05, 4.69) is 4.74 Å². The van der Waals surface area contributed by atoms with E-state index in [0.29, 0.717) is 10.6 Å². The maximum Gasteiger partial charge on any atom is 0.330 e. The highest BCUT2D eigenvalue weighted by Gasteiger charge is 1.99. The van der Waals surface area contributed by atoms with E-state index < -0.39 is 11.8 Å². The molecule has 0 unspecified atom stereocenters. The van der Waals surface area contributed by atoms with Crippen LogP contribution in [-0.2, 0) is 9.53 Å². The van der Waals surface area contributed by atoms with Gasteiger partial charge in [-0.25, -0.2) is 9.18 Å². The van der Waals surface area contributed by atoms with Gasteiger partial charge in [-0.1, -0.05) is 11.6 Å². The van der Waals surface area contributed by atoms with Gasteiger partial charge in [0, 0.05) is 11.1 Å². The average molecular weight is 215 g/mol. The summed E-state index contributed by atoms with van der Waals surface area (Å²) in [7, 11) is 1.26. The molecular formula is C10H8ClFO2. The van der Waals surface area contributed by atoms with Crippen LogP contribution in [0.25, 0.3) is 6.08 Å². The lowest BCUT2D eigenvalue weighted by Gasteiger charge is -1.97. The van der Waals surface area contributed by atoms with Crippen LogP contribution in [0.5, 0.6) is 0 Å². The van der Waals surface area contributed by atoms with E-state index in [0.717, 1.165) is 0 Å². The van der Waals surface area contributed by atoms with Gasteiger partial charge in [0.15, 0.2) is 0 Å². The van der Waals surface area contributed by atoms with Gasteiger partial charge in [-0.2, -0.15) is 0 Å². The molecule has 4 heteroatoms. The average Bonchev–Trinajstić information content (AvgIpc) is 2.19. The maximum atomic E-state index is 12.7. The molecule has 0 bridgehead atoms. The minimum atomic E-state index is -0.509. The first-order valence-electron chi connectivity index (χ1n) is 3.84. The lowest BCUT2D eigenvalue weighted by atomic mass is 10.2. The van der Waals surface area contributed by atoms with E-state index >= 15 is 0 Å². The number of rotatable bonds is 2. The Bertz CT molecular complexity index is 374. The van der Waals surface area contributed by atoms with Gasteiger partial charge in [0.2, 0.25) is 0 Å². The van der Waals surface area contributed by atoms with E-state index in [1.807, 2.05) is 0 Å². The van der Waals surface area contributed by atoms with Gasteiger partial charge in [0.05, 0.1) is 7.11 Å². The van der Waals surface area contributed by atoms with Crippen molar-refractivity contribution in [2.75, 3.05) is 7.11 Å². The number of hydrogen-bond donors (Lipinski definition) is 0. The van der Waals surface area contributed by atoms with Crippen LogP contribution in [0.2, 0.25) is 5.02 Å². The fourth-order valence-electron chi connectivity index (χ4n) is 0.868. The predicted molar refractivity (Wildman–Crippen MR) is 52.5 cm³/mol. The Morgan fingerprint density at radius 1 is 1.57 bits per heavy atom. The molecule has 0 radical (unpaired) electrons. The number of esters is 1. The lowest BCUT2D eigenvalue weighted by Crippen LogP contribution is -1.93. The number of carbonyl (C=O) groups is 1. The number of hydrogen-bond acceptors (Lipinski definition) is 2. The first kappa shape index (κ1) is 10.7. The summed E-state index contributed by atoms with van der Waals surface area (Å²) in [6.07, 6.45) is 2.58. The highest BCUT2D eigenvalue weighted by molar-refractivity contribution is 6.32. The lowest BCUT2D eigenvalue weighted by molar-refractivity contribution is -0.134. The van der Waals surface area contributed by atoms with Gasteiger partial charge >= 0.3 is 5.97 Å². The third-order valence-corrected chi connectivity index (χ3v) is 1.90. The van der Waals surface area contributed by atoms with Crippen LogP contribution in [0.1, 0.15) is 5.56 Å². The molecule has 0 saturated heterocycles. The molecule has 0 spiro atoms. The number of carbonyl (C=O) groups excluding carboxylic acids is 1. The summed E-state index contributed by atoms with van der Waals surface area (Å²) in [6.45, 7) is 0. The van der Waals surface area contributed by atoms with Crippen LogP contribution in [0, 0.1) is 5.82 Å². The standard InChI is InChI=1S/C10H8ClFO2/c1-14-10(13)5-2-7-6-8(12)3-4-9(7)11/h2-6H,1H3/b5-2+. The summed E-state index contributed by atoms with van der Waals surface area (Å²) < 4.78 is 17.1. The molecule has 74 valence electrons. The molecule has 0 aliphatic carbocycles. The topological polar surface area (TPSA) is 26.3 Å². The summed E-state index contributed by atoms with van der Waals surface area (Å²) in [5, 5.41) is 0.381. The molecule has 0 aliphatic heterocycles. The monoisotopic (exact) mass is 214 g/mol. The summed E-state index contributed by atoms with van der Waals surface area (Å²) in [6, 6.07) is 3.91. The molecule has 0 N–H and O–H groups in total. The normalized spacial score (nSPS) is 10.5. The first-order chi connectivity index (χ1) is 6.63. The molecule has 0 aromatic heterocycles. The zero-order valence-corrected chi connectivity index (χ0v) is 8.22. The molecule has 0 atom stereocenters. The Balaban J connectivity index is 2.90. The van der Waals surface area contributed by atoms with Crippen LogP contribution in [0.15, 0.2) is 24.3 Å². The van der Waals surface area contributed by atoms with Crippen LogP contribution < -0.4 is 0 Å². The molecule has 0 saturated carbocycles. The summed E-state index contributed by atoms with van der Waals surface area (Å²) in [4.78, 5) is 10.7. The van der Waals surface area contributed by atoms with Crippen molar-refractivity contribution in [1.29, 1.82) is 0 Å². The third-order valence-electron chi connectivity index (χ3n) is 1.56. The number of ether oxygens (including phenoxy) is 1. The van der Waals surface area contributed by atoms with E-state index in [-0.39, 0.29) is 0 Å². The molecule has 0 heterocycles. The van der Waals surface area contributed by atoms with Gasteiger partial charge in [-0.15, -0.1) is 0 Å². The summed E-state index contributed by atoms with van der Waals surface area (Å²) in [5.41, 5.74) is 0.442. The number of halogens is 2. The third kappa shape index (κ3) is 2.85. The highest BCUT2D eigenvalue weighted by Crippen LogP contribution is 2.18. The summed E-state index contributed by atoms with van der Waals surface area (Å²) in [5.74, 6) is -0.913. The minimum absolute atomic E-state index is 0.381. The second-order valence-electron chi connectivity index (χ2n) is 2.52. The molecule has 1 rings (SSSR count). The predicted octanol–water partition coefficient (Wildman–Crippen LogP) is 2.67. The molecule has 0 fully saturated rings. The highest BCUT2D eigenvalue weighted by atomic mass is 35.5. The summed E-state index contributed by atoms with van der Waals surface area (Å²) >= 11 is 5.75. The quantitative estimate of drug-likeness (QED) is 0.559.